The van der Waals surface area contributed by atoms with Crippen LogP contribution in [0.2, 0.25) is 0 Å². The third-order valence-corrected chi connectivity index (χ3v) is 8.20. The molecular weight excluding hydrogens is 565 g/mol. The molecule has 2 bridgehead atoms. The monoisotopic (exact) mass is 601 g/mol. The number of rotatable bonds is 6. The van der Waals surface area contributed by atoms with Crippen molar-refractivity contribution in [1.29, 1.82) is 0 Å². The summed E-state index contributed by atoms with van der Waals surface area (Å²) in [4.78, 5) is 41.9. The van der Waals surface area contributed by atoms with Crippen molar-refractivity contribution in [2.75, 3.05) is 18.0 Å². The van der Waals surface area contributed by atoms with Gasteiger partial charge < -0.3 is 19.5 Å². The highest BCUT2D eigenvalue weighted by Gasteiger charge is 2.45. The molecule has 2 aliphatic heterocycles. The van der Waals surface area contributed by atoms with Gasteiger partial charge in [0.2, 0.25) is 0 Å². The number of pyridine rings is 1. The highest BCUT2D eigenvalue weighted by Crippen LogP contribution is 2.40. The molecule has 0 saturated carbocycles. The van der Waals surface area contributed by atoms with Crippen LogP contribution in [0.25, 0.3) is 32.9 Å². The predicted octanol–water partition coefficient (Wildman–Crippen LogP) is 5.81. The van der Waals surface area contributed by atoms with E-state index in [-0.39, 0.29) is 41.1 Å². The molecular formula is C33H36FN5O5. The number of anilines is 1. The average molecular weight is 602 g/mol. The molecule has 2 unspecified atom stereocenters. The number of aldehydes is 1. The molecule has 3 atom stereocenters. The van der Waals surface area contributed by atoms with Crippen LogP contribution in [0, 0.1) is 5.82 Å². The number of carbonyl (C=O) groups excluding carboxylic acids is 2. The van der Waals surface area contributed by atoms with E-state index < -0.39 is 17.5 Å². The number of aryl methyl sites for hydroxylation is 1. The third kappa shape index (κ3) is 5.35. The first kappa shape index (κ1) is 29.5. The predicted molar refractivity (Wildman–Crippen MR) is 165 cm³/mol. The second kappa shape index (κ2) is 11.2. The van der Waals surface area contributed by atoms with Crippen LogP contribution >= 0.6 is 0 Å². The fourth-order valence-electron chi connectivity index (χ4n) is 6.36. The number of benzene rings is 2. The molecule has 10 nitrogen and oxygen atoms in total. The van der Waals surface area contributed by atoms with Crippen molar-refractivity contribution in [2.45, 2.75) is 77.7 Å². The molecule has 2 aromatic carbocycles. The van der Waals surface area contributed by atoms with Crippen molar-refractivity contribution in [2.24, 2.45) is 0 Å². The summed E-state index contributed by atoms with van der Waals surface area (Å²) < 4.78 is 28.0. The number of amides is 1. The van der Waals surface area contributed by atoms with Crippen molar-refractivity contribution < 1.29 is 28.6 Å². The lowest BCUT2D eigenvalue weighted by molar-refractivity contribution is -0.113. The number of hydrogen-bond donors (Lipinski definition) is 1. The van der Waals surface area contributed by atoms with Crippen molar-refractivity contribution in [1.82, 2.24) is 19.9 Å². The first-order valence-electron chi connectivity index (χ1n) is 15.0. The zero-order valence-corrected chi connectivity index (χ0v) is 25.5. The van der Waals surface area contributed by atoms with Crippen LogP contribution in [-0.2, 0) is 16.0 Å². The van der Waals surface area contributed by atoms with Gasteiger partial charge in [-0.3, -0.25) is 14.7 Å². The van der Waals surface area contributed by atoms with Gasteiger partial charge in [0.05, 0.1) is 17.5 Å². The molecule has 2 fully saturated rings. The zero-order valence-electron chi connectivity index (χ0n) is 25.5. The van der Waals surface area contributed by atoms with Crippen LogP contribution in [-0.4, -0.2) is 74.2 Å². The Labute approximate surface area is 254 Å². The Balaban J connectivity index is 1.47. The Kier molecular flexibility index (Phi) is 7.51. The van der Waals surface area contributed by atoms with E-state index in [4.69, 9.17) is 9.47 Å². The fraction of sp³-hybridized carbons (Fsp3) is 0.424. The number of nitrogens with zero attached hydrogens (tertiary/aromatic N) is 5. The van der Waals surface area contributed by atoms with Gasteiger partial charge in [-0.25, -0.2) is 9.18 Å². The summed E-state index contributed by atoms with van der Waals surface area (Å²) in [5.74, 6) is -0.285. The normalized spacial score (nSPS) is 19.0. The van der Waals surface area contributed by atoms with Gasteiger partial charge in [0.25, 0.3) is 0 Å². The van der Waals surface area contributed by atoms with E-state index in [1.165, 1.54) is 6.07 Å². The minimum absolute atomic E-state index is 0.00686. The standard InChI is InChI=1S/C33H36FN5O5/c1-6-19-8-7-9-20-12-23(41)13-24(26(19)20)28-27(34)29-25(14-35-28)30(37-31(36-29)43-18(2)17-40)38-15-21-10-11-22(16-38)39(21)32(42)44-33(3,4)5/h7-9,12-14,17-18,21-22,41H,6,10-11,15-16H2,1-5H3/t18-,21?,22?/m1/s1. The molecule has 2 saturated heterocycles. The maximum atomic E-state index is 16.6. The number of piperazine rings is 1. The number of phenols is 1. The second-order valence-electron chi connectivity index (χ2n) is 12.5. The van der Waals surface area contributed by atoms with Gasteiger partial charge in [0.1, 0.15) is 28.4 Å². The Hall–Kier alpha value is -4.54. The van der Waals surface area contributed by atoms with Crippen LogP contribution in [0.1, 0.15) is 53.0 Å². The number of aromatic hydroxyl groups is 1. The van der Waals surface area contributed by atoms with Gasteiger partial charge in [-0.15, -0.1) is 0 Å². The number of aromatic nitrogens is 3. The Morgan fingerprint density at radius 2 is 1.91 bits per heavy atom. The minimum Gasteiger partial charge on any atom is -0.508 e. The lowest BCUT2D eigenvalue weighted by atomic mass is 9.95. The van der Waals surface area contributed by atoms with Crippen LogP contribution in [0.3, 0.4) is 0 Å². The molecule has 2 aliphatic rings. The maximum Gasteiger partial charge on any atom is 0.410 e. The molecule has 44 heavy (non-hydrogen) atoms. The van der Waals surface area contributed by atoms with Crippen LogP contribution in [0.5, 0.6) is 11.8 Å². The van der Waals surface area contributed by atoms with Gasteiger partial charge in [-0.05, 0) is 75.4 Å². The second-order valence-corrected chi connectivity index (χ2v) is 12.5. The van der Waals surface area contributed by atoms with E-state index >= 15 is 4.39 Å². The Morgan fingerprint density at radius 1 is 1.18 bits per heavy atom. The summed E-state index contributed by atoms with van der Waals surface area (Å²) in [5, 5.41) is 12.5. The fourth-order valence-corrected chi connectivity index (χ4v) is 6.36. The number of halogens is 1. The number of carbonyl (C=O) groups is 2. The quantitative estimate of drug-likeness (QED) is 0.273. The lowest BCUT2D eigenvalue weighted by Gasteiger charge is -2.42. The first-order valence-corrected chi connectivity index (χ1v) is 15.0. The molecule has 0 aliphatic carbocycles. The van der Waals surface area contributed by atoms with E-state index in [2.05, 4.69) is 15.0 Å². The van der Waals surface area contributed by atoms with E-state index in [9.17, 15) is 14.7 Å². The van der Waals surface area contributed by atoms with Gasteiger partial charge in [-0.1, -0.05) is 25.1 Å². The number of phenolic OH excluding ortho intramolecular Hbond substituents is 1. The average Bonchev–Trinajstić information content (AvgIpc) is 3.25. The molecule has 6 rings (SSSR count). The highest BCUT2D eigenvalue weighted by atomic mass is 19.1. The van der Waals surface area contributed by atoms with E-state index in [0.717, 1.165) is 29.2 Å². The Bertz CT molecular complexity index is 1760. The van der Waals surface area contributed by atoms with Crippen molar-refractivity contribution >= 4 is 39.9 Å². The molecule has 4 aromatic rings. The molecule has 230 valence electrons. The van der Waals surface area contributed by atoms with E-state index in [0.29, 0.717) is 42.6 Å². The topological polar surface area (TPSA) is 118 Å². The first-order chi connectivity index (χ1) is 21.0. The van der Waals surface area contributed by atoms with Crippen molar-refractivity contribution in [3.8, 4) is 23.0 Å². The summed E-state index contributed by atoms with van der Waals surface area (Å²) in [5.41, 5.74) is 0.847. The molecule has 0 radical (unpaired) electrons. The summed E-state index contributed by atoms with van der Waals surface area (Å²) in [6.45, 7) is 10.0. The van der Waals surface area contributed by atoms with Crippen LogP contribution in [0.4, 0.5) is 15.0 Å². The summed E-state index contributed by atoms with van der Waals surface area (Å²) in [6, 6.07) is 8.54. The Morgan fingerprint density at radius 3 is 2.57 bits per heavy atom. The van der Waals surface area contributed by atoms with Crippen LogP contribution in [0.15, 0.2) is 36.5 Å². The highest BCUT2D eigenvalue weighted by molar-refractivity contribution is 6.01. The smallest absolute Gasteiger partial charge is 0.410 e. The molecule has 11 heteroatoms. The summed E-state index contributed by atoms with van der Waals surface area (Å²) in [6.07, 6.45) is 3.27. The van der Waals surface area contributed by atoms with Gasteiger partial charge >= 0.3 is 12.1 Å². The van der Waals surface area contributed by atoms with Crippen molar-refractivity contribution in [3.63, 3.8) is 0 Å². The third-order valence-electron chi connectivity index (χ3n) is 8.20. The molecule has 1 amide bonds. The van der Waals surface area contributed by atoms with E-state index in [1.54, 1.807) is 19.2 Å². The van der Waals surface area contributed by atoms with Crippen LogP contribution < -0.4 is 9.64 Å². The molecule has 4 heterocycles. The SMILES string of the molecule is CCc1cccc2cc(O)cc(-c3ncc4c(N5CC6CCC(C5)N6C(=O)OC(C)(C)C)nc(O[C@H](C)C=O)nc4c3F)c12. The largest absolute Gasteiger partial charge is 0.508 e. The minimum atomic E-state index is -0.855. The molecule has 1 N–H and O–H groups in total. The zero-order chi connectivity index (χ0) is 31.3. The van der Waals surface area contributed by atoms with E-state index in [1.807, 2.05) is 55.7 Å². The van der Waals surface area contributed by atoms with Crippen molar-refractivity contribution in [3.05, 3.63) is 47.9 Å². The van der Waals surface area contributed by atoms with Gasteiger partial charge in [-0.2, -0.15) is 9.97 Å². The van der Waals surface area contributed by atoms with Gasteiger partial charge in [0.15, 0.2) is 18.2 Å². The number of hydrogen-bond acceptors (Lipinski definition) is 9. The molecule has 0 spiro atoms. The molecule has 2 aromatic heterocycles. The summed E-state index contributed by atoms with van der Waals surface area (Å²) in [7, 11) is 0. The lowest BCUT2D eigenvalue weighted by Crippen LogP contribution is -2.57. The maximum absolute atomic E-state index is 16.6. The van der Waals surface area contributed by atoms with Gasteiger partial charge in [0, 0.05) is 24.8 Å². The summed E-state index contributed by atoms with van der Waals surface area (Å²) >= 11 is 0. The number of ether oxygens (including phenoxy) is 2. The number of fused-ring (bicyclic) bond motifs is 4.